The lowest BCUT2D eigenvalue weighted by Crippen LogP contribution is -2.30. The van der Waals surface area contributed by atoms with Crippen molar-refractivity contribution in [3.05, 3.63) is 85.1 Å². The third-order valence-electron chi connectivity index (χ3n) is 11.8. The Labute approximate surface area is 414 Å². The summed E-state index contributed by atoms with van der Waals surface area (Å²) in [5, 5.41) is 0. The second-order valence-corrected chi connectivity index (χ2v) is 18.5. The Hall–Kier alpha value is -3.41. The second-order valence-electron chi connectivity index (χ2n) is 18.5. The summed E-state index contributed by atoms with van der Waals surface area (Å²) in [6.45, 7) is 6.53. The Balaban J connectivity index is 4.53. The molecule has 0 heterocycles. The molecule has 0 saturated heterocycles. The molecule has 384 valence electrons. The van der Waals surface area contributed by atoms with E-state index in [2.05, 4.69) is 106 Å². The molecular weight excluding hydrogens is 829 g/mol. The lowest BCUT2D eigenvalue weighted by Gasteiger charge is -2.18. The molecule has 0 bridgehead atoms. The van der Waals surface area contributed by atoms with Gasteiger partial charge in [-0.15, -0.1) is 0 Å². The third-order valence-corrected chi connectivity index (χ3v) is 11.8. The molecule has 0 fully saturated rings. The highest BCUT2D eigenvalue weighted by Crippen LogP contribution is 2.13. The first-order chi connectivity index (χ1) is 33.0. The fourth-order valence-corrected chi connectivity index (χ4v) is 7.59. The summed E-state index contributed by atoms with van der Waals surface area (Å²) in [5.74, 6) is -1.02. The number of rotatable bonds is 50. The van der Waals surface area contributed by atoms with Gasteiger partial charge in [0.05, 0.1) is 0 Å². The highest BCUT2D eigenvalue weighted by molar-refractivity contribution is 5.71. The SMILES string of the molecule is CCCCCC/C=C\CCCCCCCCCC(=O)OC(COC(=O)CCC/C=C\C/C=C\C/C=C\CCCCCCCC)COC(=O)CCC/C=C\C/C=C\C/C=C\CCCCCCCC. The molecule has 0 aliphatic rings. The Kier molecular flexibility index (Phi) is 52.4. The van der Waals surface area contributed by atoms with Crippen molar-refractivity contribution in [1.82, 2.24) is 0 Å². The number of allylic oxidation sites excluding steroid dienone is 14. The van der Waals surface area contributed by atoms with Crippen LogP contribution in [0.15, 0.2) is 85.1 Å². The van der Waals surface area contributed by atoms with Gasteiger partial charge in [-0.05, 0) is 109 Å². The van der Waals surface area contributed by atoms with Crippen LogP contribution in [-0.2, 0) is 28.6 Å². The first-order valence-corrected chi connectivity index (χ1v) is 28.1. The quantitative estimate of drug-likeness (QED) is 0.0262. The van der Waals surface area contributed by atoms with Crippen LogP contribution in [0.1, 0.15) is 265 Å². The monoisotopic (exact) mass is 933 g/mol. The number of ether oxygens (including phenoxy) is 3. The number of carbonyl (C=O) groups is 3. The maximum atomic E-state index is 12.8. The van der Waals surface area contributed by atoms with E-state index in [0.717, 1.165) is 57.8 Å². The lowest BCUT2D eigenvalue weighted by atomic mass is 10.1. The maximum Gasteiger partial charge on any atom is 0.306 e. The average molecular weight is 933 g/mol. The van der Waals surface area contributed by atoms with E-state index in [9.17, 15) is 14.4 Å². The fraction of sp³-hybridized carbons (Fsp3) is 0.721. The maximum absolute atomic E-state index is 12.8. The zero-order valence-electron chi connectivity index (χ0n) is 43.9. The Morgan fingerprint density at radius 1 is 0.299 bits per heavy atom. The van der Waals surface area contributed by atoms with Gasteiger partial charge in [-0.1, -0.05) is 221 Å². The predicted octanol–water partition coefficient (Wildman–Crippen LogP) is 18.8. The summed E-state index contributed by atoms with van der Waals surface area (Å²) in [6, 6.07) is 0. The van der Waals surface area contributed by atoms with E-state index in [1.54, 1.807) is 0 Å². The van der Waals surface area contributed by atoms with Crippen LogP contribution in [0.25, 0.3) is 0 Å². The molecular formula is C61H104O6. The summed E-state index contributed by atoms with van der Waals surface area (Å²) >= 11 is 0. The molecule has 0 N–H and O–H groups in total. The van der Waals surface area contributed by atoms with Gasteiger partial charge >= 0.3 is 17.9 Å². The largest absolute Gasteiger partial charge is 0.462 e. The standard InChI is InChI=1S/C61H104O6/c1-4-7-10-13-16-19-22-25-28-30-33-35-38-41-44-47-50-53-59(62)65-56-58(67-61(64)55-52-49-46-43-40-37-32-27-24-21-18-15-12-9-6-3)57-66-60(63)54-51-48-45-42-39-36-34-31-29-26-23-20-17-14-11-8-5-2/h21,24-26,28-29,33-36,41-42,44-45,58H,4-20,22-23,27,30-32,37-40,43,46-57H2,1-3H3/b24-21-,28-25-,29-26-,35-33-,36-34-,44-41-,45-42-. The van der Waals surface area contributed by atoms with Crippen LogP contribution >= 0.6 is 0 Å². The van der Waals surface area contributed by atoms with Gasteiger partial charge in [0.25, 0.3) is 0 Å². The Bertz CT molecular complexity index is 1230. The van der Waals surface area contributed by atoms with Crippen LogP contribution in [-0.4, -0.2) is 37.2 Å². The number of unbranched alkanes of at least 4 members (excludes halogenated alkanes) is 25. The van der Waals surface area contributed by atoms with Crippen molar-refractivity contribution in [3.8, 4) is 0 Å². The number of esters is 3. The molecule has 0 aliphatic heterocycles. The van der Waals surface area contributed by atoms with Gasteiger partial charge in [-0.3, -0.25) is 14.4 Å². The summed E-state index contributed by atoms with van der Waals surface area (Å²) in [7, 11) is 0. The van der Waals surface area contributed by atoms with E-state index < -0.39 is 6.10 Å². The third kappa shape index (κ3) is 53.4. The lowest BCUT2D eigenvalue weighted by molar-refractivity contribution is -0.167. The van der Waals surface area contributed by atoms with Crippen LogP contribution < -0.4 is 0 Å². The van der Waals surface area contributed by atoms with E-state index in [-0.39, 0.29) is 44.0 Å². The number of hydrogen-bond acceptors (Lipinski definition) is 6. The molecule has 0 aliphatic carbocycles. The minimum atomic E-state index is -0.819. The molecule has 67 heavy (non-hydrogen) atoms. The van der Waals surface area contributed by atoms with Gasteiger partial charge < -0.3 is 14.2 Å². The molecule has 0 spiro atoms. The minimum Gasteiger partial charge on any atom is -0.462 e. The van der Waals surface area contributed by atoms with Crippen molar-refractivity contribution in [2.75, 3.05) is 13.2 Å². The van der Waals surface area contributed by atoms with Gasteiger partial charge in [-0.2, -0.15) is 0 Å². The van der Waals surface area contributed by atoms with Crippen molar-refractivity contribution < 1.29 is 28.6 Å². The summed E-state index contributed by atoms with van der Waals surface area (Å²) < 4.78 is 16.7. The zero-order chi connectivity index (χ0) is 48.6. The molecule has 0 aromatic rings. The van der Waals surface area contributed by atoms with Gasteiger partial charge in [0, 0.05) is 19.3 Å². The van der Waals surface area contributed by atoms with Crippen molar-refractivity contribution in [2.24, 2.45) is 0 Å². The van der Waals surface area contributed by atoms with E-state index in [4.69, 9.17) is 14.2 Å². The number of carbonyl (C=O) groups excluding carboxylic acids is 3. The second kappa shape index (κ2) is 55.2. The van der Waals surface area contributed by atoms with Gasteiger partial charge in [-0.25, -0.2) is 0 Å². The molecule has 0 atom stereocenters. The molecule has 0 amide bonds. The molecule has 0 radical (unpaired) electrons. The van der Waals surface area contributed by atoms with Crippen LogP contribution in [0, 0.1) is 0 Å². The molecule has 0 rings (SSSR count). The molecule has 0 saturated carbocycles. The molecule has 0 unspecified atom stereocenters. The van der Waals surface area contributed by atoms with Gasteiger partial charge in [0.1, 0.15) is 13.2 Å². The molecule has 6 heteroatoms. The molecule has 0 aromatic carbocycles. The summed E-state index contributed by atoms with van der Waals surface area (Å²) in [6.07, 6.45) is 71.5. The smallest absolute Gasteiger partial charge is 0.306 e. The molecule has 6 nitrogen and oxygen atoms in total. The fourth-order valence-electron chi connectivity index (χ4n) is 7.59. The van der Waals surface area contributed by atoms with E-state index in [0.29, 0.717) is 19.3 Å². The number of hydrogen-bond donors (Lipinski definition) is 0. The Morgan fingerprint density at radius 3 is 0.910 bits per heavy atom. The van der Waals surface area contributed by atoms with Gasteiger partial charge in [0.2, 0.25) is 0 Å². The topological polar surface area (TPSA) is 78.9 Å². The predicted molar refractivity (Wildman–Crippen MR) is 288 cm³/mol. The minimum absolute atomic E-state index is 0.120. The highest BCUT2D eigenvalue weighted by Gasteiger charge is 2.19. The van der Waals surface area contributed by atoms with Crippen LogP contribution in [0.5, 0.6) is 0 Å². The summed E-state index contributed by atoms with van der Waals surface area (Å²) in [5.41, 5.74) is 0. The van der Waals surface area contributed by atoms with E-state index in [1.807, 2.05) is 0 Å². The average Bonchev–Trinajstić information content (AvgIpc) is 3.33. The van der Waals surface area contributed by atoms with Crippen LogP contribution in [0.2, 0.25) is 0 Å². The van der Waals surface area contributed by atoms with Crippen molar-refractivity contribution >= 4 is 17.9 Å². The van der Waals surface area contributed by atoms with Gasteiger partial charge in [0.15, 0.2) is 6.10 Å². The van der Waals surface area contributed by atoms with Crippen LogP contribution in [0.3, 0.4) is 0 Å². The first kappa shape index (κ1) is 63.6. The Morgan fingerprint density at radius 2 is 0.552 bits per heavy atom. The zero-order valence-corrected chi connectivity index (χ0v) is 43.9. The van der Waals surface area contributed by atoms with Crippen molar-refractivity contribution in [3.63, 3.8) is 0 Å². The molecule has 0 aromatic heterocycles. The summed E-state index contributed by atoms with van der Waals surface area (Å²) in [4.78, 5) is 38.1. The van der Waals surface area contributed by atoms with E-state index >= 15 is 0 Å². The van der Waals surface area contributed by atoms with Crippen molar-refractivity contribution in [2.45, 2.75) is 271 Å². The van der Waals surface area contributed by atoms with Crippen LogP contribution in [0.4, 0.5) is 0 Å². The van der Waals surface area contributed by atoms with Crippen molar-refractivity contribution in [1.29, 1.82) is 0 Å². The first-order valence-electron chi connectivity index (χ1n) is 28.1. The normalized spacial score (nSPS) is 12.3. The highest BCUT2D eigenvalue weighted by atomic mass is 16.6. The van der Waals surface area contributed by atoms with E-state index in [1.165, 1.54) is 154 Å².